The van der Waals surface area contributed by atoms with Crippen LogP contribution in [0.1, 0.15) is 26.7 Å². The highest BCUT2D eigenvalue weighted by Gasteiger charge is 2.30. The number of para-hydroxylation sites is 2. The van der Waals surface area contributed by atoms with Crippen molar-refractivity contribution in [1.82, 2.24) is 4.31 Å². The van der Waals surface area contributed by atoms with Crippen molar-refractivity contribution in [2.24, 2.45) is 5.92 Å². The van der Waals surface area contributed by atoms with Crippen LogP contribution >= 0.6 is 0 Å². The average molecular weight is 433 g/mol. The number of carbonyl (C=O) groups is 1. The molecule has 0 aliphatic carbocycles. The fourth-order valence-corrected chi connectivity index (χ4v) is 4.50. The van der Waals surface area contributed by atoms with E-state index < -0.39 is 10.0 Å². The Morgan fingerprint density at radius 3 is 2.30 bits per heavy atom. The zero-order chi connectivity index (χ0) is 21.6. The summed E-state index contributed by atoms with van der Waals surface area (Å²) in [7, 11) is -3.20. The van der Waals surface area contributed by atoms with E-state index in [1.165, 1.54) is 4.31 Å². The van der Waals surface area contributed by atoms with Crippen LogP contribution < -0.4 is 14.8 Å². The number of anilines is 1. The minimum Gasteiger partial charge on any atom is -0.494 e. The Morgan fingerprint density at radius 1 is 1.03 bits per heavy atom. The number of nitrogens with one attached hydrogen (secondary N) is 1. The predicted molar refractivity (Wildman–Crippen MR) is 117 cm³/mol. The molecular weight excluding hydrogens is 404 g/mol. The summed E-state index contributed by atoms with van der Waals surface area (Å²) < 4.78 is 36.9. The molecule has 2 aromatic rings. The lowest BCUT2D eigenvalue weighted by atomic mass is 9.97. The molecule has 7 nitrogen and oxygen atoms in total. The van der Waals surface area contributed by atoms with Crippen LogP contribution in [0.5, 0.6) is 17.2 Å². The van der Waals surface area contributed by atoms with Crippen molar-refractivity contribution >= 4 is 21.6 Å². The first-order valence-electron chi connectivity index (χ1n) is 10.2. The molecule has 8 heteroatoms. The largest absolute Gasteiger partial charge is 0.494 e. The van der Waals surface area contributed by atoms with Gasteiger partial charge in [-0.1, -0.05) is 12.1 Å². The lowest BCUT2D eigenvalue weighted by Crippen LogP contribution is -2.42. The maximum atomic E-state index is 12.8. The van der Waals surface area contributed by atoms with E-state index in [4.69, 9.17) is 9.47 Å². The molecule has 2 aromatic carbocycles. The first-order valence-corrected chi connectivity index (χ1v) is 11.8. The Kier molecular flexibility index (Phi) is 7.33. The van der Waals surface area contributed by atoms with Gasteiger partial charge >= 0.3 is 0 Å². The van der Waals surface area contributed by atoms with E-state index in [0.717, 1.165) is 5.75 Å². The average Bonchev–Trinajstić information content (AvgIpc) is 2.76. The molecule has 0 atom stereocenters. The second-order valence-electron chi connectivity index (χ2n) is 7.07. The number of hydrogen-bond donors (Lipinski definition) is 1. The minimum absolute atomic E-state index is 0.0835. The number of ether oxygens (including phenoxy) is 2. The Hall–Kier alpha value is -2.58. The van der Waals surface area contributed by atoms with E-state index in [9.17, 15) is 13.2 Å². The number of carbonyl (C=O) groups excluding carboxylic acids is 1. The van der Waals surface area contributed by atoms with E-state index in [-0.39, 0.29) is 17.6 Å². The summed E-state index contributed by atoms with van der Waals surface area (Å²) in [5.41, 5.74) is 0.583. The van der Waals surface area contributed by atoms with Crippen LogP contribution in [-0.2, 0) is 14.8 Å². The van der Waals surface area contributed by atoms with E-state index in [2.05, 4.69) is 5.32 Å². The van der Waals surface area contributed by atoms with Gasteiger partial charge in [0.15, 0.2) is 5.75 Å². The lowest BCUT2D eigenvalue weighted by molar-refractivity contribution is -0.120. The molecule has 1 aliphatic rings. The topological polar surface area (TPSA) is 84.9 Å². The van der Waals surface area contributed by atoms with Crippen molar-refractivity contribution in [2.75, 3.05) is 30.8 Å². The fraction of sp³-hybridized carbons (Fsp3) is 0.409. The van der Waals surface area contributed by atoms with Crippen LogP contribution in [0.25, 0.3) is 0 Å². The molecule has 3 rings (SSSR count). The highest BCUT2D eigenvalue weighted by Crippen LogP contribution is 2.31. The second-order valence-corrected chi connectivity index (χ2v) is 9.32. The summed E-state index contributed by atoms with van der Waals surface area (Å²) in [4.78, 5) is 12.8. The van der Waals surface area contributed by atoms with Crippen LogP contribution in [0, 0.1) is 5.92 Å². The van der Waals surface area contributed by atoms with Crippen LogP contribution in [0.15, 0.2) is 48.5 Å². The van der Waals surface area contributed by atoms with Crippen LogP contribution in [0.3, 0.4) is 0 Å². The number of amides is 1. The predicted octanol–water partition coefficient (Wildman–Crippen LogP) is 3.88. The van der Waals surface area contributed by atoms with Gasteiger partial charge in [-0.25, -0.2) is 12.7 Å². The quantitative estimate of drug-likeness (QED) is 0.684. The van der Waals surface area contributed by atoms with Crippen molar-refractivity contribution in [3.63, 3.8) is 0 Å². The van der Waals surface area contributed by atoms with Crippen LogP contribution in [0.4, 0.5) is 5.69 Å². The van der Waals surface area contributed by atoms with E-state index in [1.807, 2.05) is 43.3 Å². The third-order valence-corrected chi connectivity index (χ3v) is 6.97. The van der Waals surface area contributed by atoms with Crippen molar-refractivity contribution < 1.29 is 22.7 Å². The second kappa shape index (κ2) is 9.95. The molecule has 0 spiro atoms. The van der Waals surface area contributed by atoms with Crippen molar-refractivity contribution in [1.29, 1.82) is 0 Å². The molecular formula is C22H28N2O5S. The molecule has 1 saturated heterocycles. The maximum absolute atomic E-state index is 12.8. The number of benzene rings is 2. The maximum Gasteiger partial charge on any atom is 0.227 e. The zero-order valence-electron chi connectivity index (χ0n) is 17.3. The molecule has 1 N–H and O–H groups in total. The Balaban J connectivity index is 1.63. The first-order chi connectivity index (χ1) is 14.4. The van der Waals surface area contributed by atoms with Gasteiger partial charge in [0.1, 0.15) is 11.5 Å². The molecule has 1 fully saturated rings. The smallest absolute Gasteiger partial charge is 0.227 e. The number of sulfonamides is 1. The summed E-state index contributed by atoms with van der Waals surface area (Å²) in [5, 5.41) is 2.94. The van der Waals surface area contributed by atoms with Gasteiger partial charge in [0, 0.05) is 19.0 Å². The van der Waals surface area contributed by atoms with Gasteiger partial charge in [-0.2, -0.15) is 0 Å². The summed E-state index contributed by atoms with van der Waals surface area (Å²) in [6, 6.07) is 14.5. The molecule has 0 radical (unpaired) electrons. The van der Waals surface area contributed by atoms with E-state index in [0.29, 0.717) is 49.7 Å². The minimum atomic E-state index is -3.20. The lowest BCUT2D eigenvalue weighted by Gasteiger charge is -2.30. The summed E-state index contributed by atoms with van der Waals surface area (Å²) in [5.74, 6) is 1.68. The summed E-state index contributed by atoms with van der Waals surface area (Å²) in [6.07, 6.45) is 1.01. The van der Waals surface area contributed by atoms with Gasteiger partial charge in [0.05, 0.1) is 18.0 Å². The number of nitrogens with zero attached hydrogens (tertiary/aromatic N) is 1. The highest BCUT2D eigenvalue weighted by molar-refractivity contribution is 7.89. The van der Waals surface area contributed by atoms with Gasteiger partial charge in [0.2, 0.25) is 15.9 Å². The molecule has 1 amide bonds. The fourth-order valence-electron chi connectivity index (χ4n) is 3.37. The van der Waals surface area contributed by atoms with E-state index in [1.54, 1.807) is 19.1 Å². The molecule has 0 bridgehead atoms. The third-order valence-electron chi connectivity index (χ3n) is 5.09. The van der Waals surface area contributed by atoms with Crippen molar-refractivity contribution in [3.8, 4) is 17.2 Å². The number of rotatable bonds is 8. The molecule has 0 aromatic heterocycles. The third kappa shape index (κ3) is 5.52. The SMILES string of the molecule is CCOc1ccc(Oc2ccccc2NC(=O)C2CCN(S(=O)(=O)CC)CC2)cc1. The molecule has 0 saturated carbocycles. The van der Waals surface area contributed by atoms with Gasteiger partial charge in [-0.15, -0.1) is 0 Å². The molecule has 0 unspecified atom stereocenters. The first kappa shape index (κ1) is 22.1. The van der Waals surface area contributed by atoms with Crippen LogP contribution in [0.2, 0.25) is 0 Å². The Morgan fingerprint density at radius 2 is 1.67 bits per heavy atom. The van der Waals surface area contributed by atoms with Gasteiger partial charge < -0.3 is 14.8 Å². The zero-order valence-corrected chi connectivity index (χ0v) is 18.2. The number of piperidine rings is 1. The van der Waals surface area contributed by atoms with Crippen molar-refractivity contribution in [3.05, 3.63) is 48.5 Å². The van der Waals surface area contributed by atoms with Gasteiger partial charge in [0.25, 0.3) is 0 Å². The molecule has 30 heavy (non-hydrogen) atoms. The van der Waals surface area contributed by atoms with Crippen molar-refractivity contribution in [2.45, 2.75) is 26.7 Å². The summed E-state index contributed by atoms with van der Waals surface area (Å²) >= 11 is 0. The monoisotopic (exact) mass is 432 g/mol. The number of hydrogen-bond acceptors (Lipinski definition) is 5. The van der Waals surface area contributed by atoms with E-state index >= 15 is 0 Å². The molecule has 1 aliphatic heterocycles. The van der Waals surface area contributed by atoms with Gasteiger partial charge in [-0.3, -0.25) is 4.79 Å². The van der Waals surface area contributed by atoms with Gasteiger partial charge in [-0.05, 0) is 63.1 Å². The molecule has 162 valence electrons. The van der Waals surface area contributed by atoms with Crippen LogP contribution in [-0.4, -0.2) is 44.1 Å². The standard InChI is InChI=1S/C22H28N2O5S/c1-3-28-18-9-11-19(12-10-18)29-21-8-6-5-7-20(21)23-22(25)17-13-15-24(16-14-17)30(26,27)4-2/h5-12,17H,3-4,13-16H2,1-2H3,(H,23,25). The normalized spacial score (nSPS) is 15.5. The molecule has 1 heterocycles. The highest BCUT2D eigenvalue weighted by atomic mass is 32.2. The summed E-state index contributed by atoms with van der Waals surface area (Å²) in [6.45, 7) is 4.90. The Labute approximate surface area is 178 Å². The Bertz CT molecular complexity index is 952.